The zero-order valence-electron chi connectivity index (χ0n) is 11.7. The smallest absolute Gasteiger partial charge is 0.152 e. The number of hydrogen-bond acceptors (Lipinski definition) is 3. The molecule has 0 radical (unpaired) electrons. The van der Waals surface area contributed by atoms with Crippen LogP contribution < -0.4 is 5.32 Å². The van der Waals surface area contributed by atoms with Gasteiger partial charge in [-0.1, -0.05) is 6.92 Å². The first-order valence-corrected chi connectivity index (χ1v) is 7.91. The summed E-state index contributed by atoms with van der Waals surface area (Å²) in [5.74, 6) is 1.05. The fraction of sp³-hybridized carbons (Fsp3) is 0.714. The number of hydrogen-bond donors (Lipinski definition) is 1. The minimum Gasteiger partial charge on any atom is -0.310 e. The number of carbonyl (C=O) groups excluding carboxylic acids is 1. The number of rotatable bonds is 8. The lowest BCUT2D eigenvalue weighted by Crippen LogP contribution is -2.26. The van der Waals surface area contributed by atoms with E-state index in [0.29, 0.717) is 13.0 Å². The van der Waals surface area contributed by atoms with Crippen LogP contribution in [-0.2, 0) is 24.2 Å². The molecule has 0 unspecified atom stereocenters. The second-order valence-electron chi connectivity index (χ2n) is 5.17. The van der Waals surface area contributed by atoms with Crippen LogP contribution in [0.15, 0.2) is 4.47 Å². The predicted octanol–water partition coefficient (Wildman–Crippen LogP) is 2.34. The van der Waals surface area contributed by atoms with Crippen molar-refractivity contribution in [2.75, 3.05) is 13.1 Å². The normalized spacial score (nSPS) is 14.9. The molecule has 0 bridgehead atoms. The highest BCUT2D eigenvalue weighted by molar-refractivity contribution is 9.10. The fourth-order valence-electron chi connectivity index (χ4n) is 2.17. The van der Waals surface area contributed by atoms with Gasteiger partial charge in [-0.15, -0.1) is 0 Å². The van der Waals surface area contributed by atoms with Gasteiger partial charge in [0.25, 0.3) is 0 Å². The van der Waals surface area contributed by atoms with Gasteiger partial charge in [-0.3, -0.25) is 9.48 Å². The first kappa shape index (κ1) is 14.7. The van der Waals surface area contributed by atoms with Crippen molar-refractivity contribution in [2.24, 2.45) is 5.92 Å². The molecular formula is C14H22BrN3O. The molecule has 1 heterocycles. The maximum atomic E-state index is 12.0. The van der Waals surface area contributed by atoms with Gasteiger partial charge in [-0.25, -0.2) is 0 Å². The van der Waals surface area contributed by atoms with Crippen LogP contribution in [0.3, 0.4) is 0 Å². The van der Waals surface area contributed by atoms with Crippen molar-refractivity contribution in [1.29, 1.82) is 0 Å². The molecule has 0 aliphatic heterocycles. The Bertz CT molecular complexity index is 452. The number of aromatic nitrogens is 2. The highest BCUT2D eigenvalue weighted by Gasteiger charge is 2.21. The molecule has 1 saturated carbocycles. The Labute approximate surface area is 123 Å². The van der Waals surface area contributed by atoms with Crippen molar-refractivity contribution < 1.29 is 4.79 Å². The number of nitrogens with one attached hydrogen (secondary N) is 1. The van der Waals surface area contributed by atoms with Crippen LogP contribution in [0.25, 0.3) is 0 Å². The Morgan fingerprint density at radius 1 is 1.47 bits per heavy atom. The summed E-state index contributed by atoms with van der Waals surface area (Å²) in [6.45, 7) is 6.39. The molecule has 1 aliphatic carbocycles. The number of Topliss-reactive ketones (excluding diaryl/α,β-unsaturated/α-hetero) is 1. The first-order chi connectivity index (χ1) is 9.15. The lowest BCUT2D eigenvalue weighted by molar-refractivity contribution is -0.117. The first-order valence-electron chi connectivity index (χ1n) is 7.12. The number of carbonyl (C=O) groups is 1. The number of halogens is 1. The molecule has 0 saturated heterocycles. The van der Waals surface area contributed by atoms with E-state index in [1.807, 2.05) is 4.68 Å². The van der Waals surface area contributed by atoms with Gasteiger partial charge in [-0.2, -0.15) is 5.10 Å². The van der Waals surface area contributed by atoms with Crippen LogP contribution >= 0.6 is 15.9 Å². The van der Waals surface area contributed by atoms with Crippen molar-refractivity contribution in [2.45, 2.75) is 46.1 Å². The van der Waals surface area contributed by atoms with Gasteiger partial charge in [-0.05, 0) is 54.6 Å². The number of nitrogens with zero attached hydrogens (tertiary/aromatic N) is 2. The Morgan fingerprint density at radius 3 is 2.79 bits per heavy atom. The van der Waals surface area contributed by atoms with E-state index < -0.39 is 0 Å². The highest BCUT2D eigenvalue weighted by atomic mass is 79.9. The van der Waals surface area contributed by atoms with Crippen LogP contribution in [0.2, 0.25) is 0 Å². The summed E-state index contributed by atoms with van der Waals surface area (Å²) in [5.41, 5.74) is 2.05. The quantitative estimate of drug-likeness (QED) is 0.797. The third kappa shape index (κ3) is 3.89. The third-order valence-corrected chi connectivity index (χ3v) is 4.43. The summed E-state index contributed by atoms with van der Waals surface area (Å²) in [6, 6.07) is 0. The average Bonchev–Trinajstić information content (AvgIpc) is 3.17. The van der Waals surface area contributed by atoms with Gasteiger partial charge < -0.3 is 5.32 Å². The van der Waals surface area contributed by atoms with E-state index in [2.05, 4.69) is 40.2 Å². The topological polar surface area (TPSA) is 46.9 Å². The van der Waals surface area contributed by atoms with Crippen molar-refractivity contribution in [1.82, 2.24) is 15.1 Å². The van der Waals surface area contributed by atoms with E-state index in [1.165, 1.54) is 12.8 Å². The molecule has 5 heteroatoms. The molecule has 0 aromatic carbocycles. The average molecular weight is 328 g/mol. The van der Waals surface area contributed by atoms with Gasteiger partial charge in [0, 0.05) is 6.54 Å². The van der Waals surface area contributed by atoms with Crippen molar-refractivity contribution in [3.63, 3.8) is 0 Å². The molecule has 0 spiro atoms. The molecule has 0 atom stereocenters. The fourth-order valence-corrected chi connectivity index (χ4v) is 2.88. The Morgan fingerprint density at radius 2 is 2.21 bits per heavy atom. The molecule has 1 N–H and O–H groups in total. The predicted molar refractivity (Wildman–Crippen MR) is 79.3 cm³/mol. The lowest BCUT2D eigenvalue weighted by atomic mass is 10.2. The molecule has 0 amide bonds. The highest BCUT2D eigenvalue weighted by Crippen LogP contribution is 2.27. The van der Waals surface area contributed by atoms with E-state index in [1.54, 1.807) is 0 Å². The van der Waals surface area contributed by atoms with Crippen LogP contribution in [-0.4, -0.2) is 28.7 Å². The molecule has 1 fully saturated rings. The second kappa shape index (κ2) is 6.66. The van der Waals surface area contributed by atoms with Gasteiger partial charge in [0.1, 0.15) is 0 Å². The largest absolute Gasteiger partial charge is 0.310 e. The molecule has 2 rings (SSSR count). The third-order valence-electron chi connectivity index (χ3n) is 3.51. The minimum atomic E-state index is 0.235. The molecule has 19 heavy (non-hydrogen) atoms. The van der Waals surface area contributed by atoms with Crippen LogP contribution in [0.5, 0.6) is 0 Å². The Hall–Kier alpha value is -0.680. The summed E-state index contributed by atoms with van der Waals surface area (Å²) in [7, 11) is 0. The van der Waals surface area contributed by atoms with Gasteiger partial charge in [0.15, 0.2) is 5.78 Å². The van der Waals surface area contributed by atoms with E-state index >= 15 is 0 Å². The summed E-state index contributed by atoms with van der Waals surface area (Å²) < 4.78 is 2.94. The summed E-state index contributed by atoms with van der Waals surface area (Å²) in [6.07, 6.45) is 3.97. The Balaban J connectivity index is 1.92. The Kier molecular flexibility index (Phi) is 5.16. The van der Waals surface area contributed by atoms with Crippen LogP contribution in [0.4, 0.5) is 0 Å². The van der Waals surface area contributed by atoms with E-state index in [4.69, 9.17) is 0 Å². The molecular weight excluding hydrogens is 306 g/mol. The van der Waals surface area contributed by atoms with Crippen LogP contribution in [0, 0.1) is 5.92 Å². The molecule has 4 nitrogen and oxygen atoms in total. The number of ketones is 1. The summed E-state index contributed by atoms with van der Waals surface area (Å²) in [5, 5.41) is 7.77. The number of aryl methyl sites for hydroxylation is 2. The van der Waals surface area contributed by atoms with Crippen molar-refractivity contribution >= 4 is 21.7 Å². The molecule has 106 valence electrons. The van der Waals surface area contributed by atoms with E-state index in [-0.39, 0.29) is 5.78 Å². The maximum Gasteiger partial charge on any atom is 0.152 e. The molecule has 1 aromatic heterocycles. The van der Waals surface area contributed by atoms with Gasteiger partial charge >= 0.3 is 0 Å². The van der Waals surface area contributed by atoms with Crippen molar-refractivity contribution in [3.05, 3.63) is 15.9 Å². The van der Waals surface area contributed by atoms with Crippen molar-refractivity contribution in [3.8, 4) is 0 Å². The molecule has 1 aromatic rings. The van der Waals surface area contributed by atoms with Gasteiger partial charge in [0.05, 0.1) is 28.8 Å². The summed E-state index contributed by atoms with van der Waals surface area (Å²) >= 11 is 3.58. The zero-order chi connectivity index (χ0) is 13.8. The monoisotopic (exact) mass is 327 g/mol. The van der Waals surface area contributed by atoms with Gasteiger partial charge in [0.2, 0.25) is 0 Å². The maximum absolute atomic E-state index is 12.0. The summed E-state index contributed by atoms with van der Waals surface area (Å²) in [4.78, 5) is 12.0. The minimum absolute atomic E-state index is 0.235. The lowest BCUT2D eigenvalue weighted by Gasteiger charge is -2.06. The van der Waals surface area contributed by atoms with E-state index in [0.717, 1.165) is 41.3 Å². The standard InChI is InChI=1S/C14H22BrN3O/c1-3-12-14(15)13(18(4-2)17-12)7-11(19)9-16-8-10-5-6-10/h10,16H,3-9H2,1-2H3. The second-order valence-corrected chi connectivity index (χ2v) is 5.96. The molecule has 1 aliphatic rings. The van der Waals surface area contributed by atoms with E-state index in [9.17, 15) is 4.79 Å². The van der Waals surface area contributed by atoms with Crippen LogP contribution in [0.1, 0.15) is 38.1 Å². The zero-order valence-corrected chi connectivity index (χ0v) is 13.3. The SMILES string of the molecule is CCc1nn(CC)c(CC(=O)CNCC2CC2)c1Br.